The molecule has 1 aliphatic rings. The average molecular weight is 311 g/mol. The summed E-state index contributed by atoms with van der Waals surface area (Å²) in [5.74, 6) is 0.547. The number of rotatable bonds is 7. The summed E-state index contributed by atoms with van der Waals surface area (Å²) < 4.78 is 5.59. The molecule has 3 nitrogen and oxygen atoms in total. The SMILES string of the molecule is Cc1cc(C(NCC2(CCO)CCOC2)C(C)C)c(C)s1. The fourth-order valence-electron chi connectivity index (χ4n) is 3.30. The Bertz CT molecular complexity index is 450. The van der Waals surface area contributed by atoms with Crippen LogP contribution in [0.25, 0.3) is 0 Å². The Morgan fingerprint density at radius 3 is 2.67 bits per heavy atom. The predicted octanol–water partition coefficient (Wildman–Crippen LogP) is 3.44. The maximum Gasteiger partial charge on any atom is 0.0536 e. The first-order valence-corrected chi connectivity index (χ1v) is 8.78. The van der Waals surface area contributed by atoms with Gasteiger partial charge in [0.15, 0.2) is 0 Å². The zero-order chi connectivity index (χ0) is 15.5. The average Bonchev–Trinajstić information content (AvgIpc) is 2.98. The van der Waals surface area contributed by atoms with E-state index in [1.807, 2.05) is 11.3 Å². The van der Waals surface area contributed by atoms with Crippen molar-refractivity contribution in [3.8, 4) is 0 Å². The quantitative estimate of drug-likeness (QED) is 0.810. The first-order chi connectivity index (χ1) is 9.97. The van der Waals surface area contributed by atoms with E-state index >= 15 is 0 Å². The molecule has 0 radical (unpaired) electrons. The molecule has 1 aliphatic heterocycles. The summed E-state index contributed by atoms with van der Waals surface area (Å²) in [7, 11) is 0. The Labute approximate surface area is 132 Å². The maximum absolute atomic E-state index is 9.35. The molecule has 0 bridgehead atoms. The minimum absolute atomic E-state index is 0.112. The van der Waals surface area contributed by atoms with Crippen LogP contribution in [0.2, 0.25) is 0 Å². The van der Waals surface area contributed by atoms with Crippen molar-refractivity contribution >= 4 is 11.3 Å². The first kappa shape index (κ1) is 16.9. The minimum atomic E-state index is 0.112. The summed E-state index contributed by atoms with van der Waals surface area (Å²) in [5.41, 5.74) is 1.55. The Balaban J connectivity index is 2.08. The lowest BCUT2D eigenvalue weighted by Crippen LogP contribution is -2.39. The Hall–Kier alpha value is -0.420. The zero-order valence-corrected chi connectivity index (χ0v) is 14.6. The minimum Gasteiger partial charge on any atom is -0.396 e. The molecule has 1 aromatic heterocycles. The normalized spacial score (nSPS) is 23.9. The third-order valence-electron chi connectivity index (χ3n) is 4.61. The van der Waals surface area contributed by atoms with E-state index in [1.54, 1.807) is 0 Å². The molecule has 120 valence electrons. The van der Waals surface area contributed by atoms with Gasteiger partial charge in [0.1, 0.15) is 0 Å². The van der Waals surface area contributed by atoms with E-state index < -0.39 is 0 Å². The molecular weight excluding hydrogens is 282 g/mol. The van der Waals surface area contributed by atoms with Crippen molar-refractivity contribution in [1.29, 1.82) is 0 Å². The van der Waals surface area contributed by atoms with Gasteiger partial charge in [-0.1, -0.05) is 13.8 Å². The molecule has 2 unspecified atom stereocenters. The lowest BCUT2D eigenvalue weighted by molar-refractivity contribution is 0.120. The van der Waals surface area contributed by atoms with Gasteiger partial charge in [-0.25, -0.2) is 0 Å². The molecule has 0 aromatic carbocycles. The molecule has 21 heavy (non-hydrogen) atoms. The van der Waals surface area contributed by atoms with E-state index in [0.29, 0.717) is 12.0 Å². The van der Waals surface area contributed by atoms with E-state index in [1.165, 1.54) is 15.3 Å². The highest BCUT2D eigenvalue weighted by Crippen LogP contribution is 2.35. The van der Waals surface area contributed by atoms with Gasteiger partial charge >= 0.3 is 0 Å². The third-order valence-corrected chi connectivity index (χ3v) is 5.59. The van der Waals surface area contributed by atoms with Crippen molar-refractivity contribution in [3.63, 3.8) is 0 Å². The van der Waals surface area contributed by atoms with Crippen LogP contribution in [-0.2, 0) is 4.74 Å². The van der Waals surface area contributed by atoms with Gasteiger partial charge in [0, 0.05) is 41.0 Å². The van der Waals surface area contributed by atoms with Crippen LogP contribution >= 0.6 is 11.3 Å². The van der Waals surface area contributed by atoms with Gasteiger partial charge in [0.25, 0.3) is 0 Å². The highest BCUT2D eigenvalue weighted by atomic mass is 32.1. The van der Waals surface area contributed by atoms with Crippen LogP contribution in [0.15, 0.2) is 6.07 Å². The number of aryl methyl sites for hydroxylation is 2. The zero-order valence-electron chi connectivity index (χ0n) is 13.7. The van der Waals surface area contributed by atoms with E-state index in [-0.39, 0.29) is 12.0 Å². The van der Waals surface area contributed by atoms with E-state index in [2.05, 4.69) is 39.1 Å². The molecule has 0 saturated carbocycles. The van der Waals surface area contributed by atoms with Crippen molar-refractivity contribution in [1.82, 2.24) is 5.32 Å². The van der Waals surface area contributed by atoms with Crippen LogP contribution in [0.4, 0.5) is 0 Å². The molecule has 1 aromatic rings. The molecular formula is C17H29NO2S. The summed E-state index contributed by atoms with van der Waals surface area (Å²) in [4.78, 5) is 2.79. The van der Waals surface area contributed by atoms with Crippen molar-refractivity contribution < 1.29 is 9.84 Å². The predicted molar refractivity (Wildman–Crippen MR) is 88.9 cm³/mol. The number of hydrogen-bond acceptors (Lipinski definition) is 4. The molecule has 0 spiro atoms. The maximum atomic E-state index is 9.35. The molecule has 2 rings (SSSR count). The van der Waals surface area contributed by atoms with Gasteiger partial charge in [-0.3, -0.25) is 0 Å². The number of hydrogen-bond donors (Lipinski definition) is 2. The molecule has 2 N–H and O–H groups in total. The second-order valence-electron chi connectivity index (χ2n) is 6.75. The molecule has 2 atom stereocenters. The van der Waals surface area contributed by atoms with Crippen molar-refractivity contribution in [3.05, 3.63) is 21.4 Å². The molecule has 2 heterocycles. The summed E-state index contributed by atoms with van der Waals surface area (Å²) in [6.45, 7) is 11.7. The number of ether oxygens (including phenoxy) is 1. The fourth-order valence-corrected chi connectivity index (χ4v) is 4.27. The number of nitrogens with one attached hydrogen (secondary N) is 1. The molecule has 1 saturated heterocycles. The van der Waals surface area contributed by atoms with Crippen molar-refractivity contribution in [2.75, 3.05) is 26.4 Å². The molecule has 0 aliphatic carbocycles. The van der Waals surface area contributed by atoms with Crippen LogP contribution in [0, 0.1) is 25.2 Å². The smallest absolute Gasteiger partial charge is 0.0536 e. The highest BCUT2D eigenvalue weighted by molar-refractivity contribution is 7.12. The van der Waals surface area contributed by atoms with Crippen LogP contribution in [0.5, 0.6) is 0 Å². The largest absolute Gasteiger partial charge is 0.396 e. The van der Waals surface area contributed by atoms with Gasteiger partial charge in [-0.15, -0.1) is 11.3 Å². The highest BCUT2D eigenvalue weighted by Gasteiger charge is 2.35. The van der Waals surface area contributed by atoms with Gasteiger partial charge in [0.05, 0.1) is 6.61 Å². The second kappa shape index (κ2) is 7.23. The molecule has 1 fully saturated rings. The Kier molecular flexibility index (Phi) is 5.83. The summed E-state index contributed by atoms with van der Waals surface area (Å²) in [5, 5.41) is 13.1. The lowest BCUT2D eigenvalue weighted by atomic mass is 9.83. The molecule has 4 heteroatoms. The van der Waals surface area contributed by atoms with Gasteiger partial charge in [-0.2, -0.15) is 0 Å². The third kappa shape index (κ3) is 4.07. The fraction of sp³-hybridized carbons (Fsp3) is 0.765. The monoisotopic (exact) mass is 311 g/mol. The number of aliphatic hydroxyl groups excluding tert-OH is 1. The summed E-state index contributed by atoms with van der Waals surface area (Å²) in [6, 6.07) is 2.70. The van der Waals surface area contributed by atoms with Crippen LogP contribution in [0.1, 0.15) is 48.0 Å². The Morgan fingerprint density at radius 1 is 1.43 bits per heavy atom. The number of aliphatic hydroxyl groups is 1. The topological polar surface area (TPSA) is 41.5 Å². The van der Waals surface area contributed by atoms with Gasteiger partial charge in [-0.05, 0) is 44.2 Å². The van der Waals surface area contributed by atoms with E-state index in [0.717, 1.165) is 32.6 Å². The first-order valence-electron chi connectivity index (χ1n) is 7.96. The van der Waals surface area contributed by atoms with Crippen LogP contribution in [-0.4, -0.2) is 31.5 Å². The van der Waals surface area contributed by atoms with E-state index in [4.69, 9.17) is 4.74 Å². The Morgan fingerprint density at radius 2 is 2.19 bits per heavy atom. The van der Waals surface area contributed by atoms with Crippen LogP contribution < -0.4 is 5.32 Å². The summed E-state index contributed by atoms with van der Waals surface area (Å²) in [6.07, 6.45) is 1.87. The number of thiophene rings is 1. The van der Waals surface area contributed by atoms with E-state index in [9.17, 15) is 5.11 Å². The lowest BCUT2D eigenvalue weighted by Gasteiger charge is -2.31. The van der Waals surface area contributed by atoms with Gasteiger partial charge in [0.2, 0.25) is 0 Å². The standard InChI is InChI=1S/C17H29NO2S/c1-12(2)16(15-9-13(3)21-14(15)4)18-10-17(5-7-19)6-8-20-11-17/h9,12,16,18-19H,5-8,10-11H2,1-4H3. The van der Waals surface area contributed by atoms with Crippen molar-refractivity contribution in [2.45, 2.75) is 46.6 Å². The van der Waals surface area contributed by atoms with Gasteiger partial charge < -0.3 is 15.2 Å². The van der Waals surface area contributed by atoms with Crippen LogP contribution in [0.3, 0.4) is 0 Å². The second-order valence-corrected chi connectivity index (χ2v) is 8.21. The molecule has 0 amide bonds. The summed E-state index contributed by atoms with van der Waals surface area (Å²) >= 11 is 1.88. The van der Waals surface area contributed by atoms with Crippen molar-refractivity contribution in [2.24, 2.45) is 11.3 Å².